The van der Waals surface area contributed by atoms with E-state index < -0.39 is 0 Å². The smallest absolute Gasteiger partial charge is 0.273 e. The first-order valence-corrected chi connectivity index (χ1v) is 9.95. The van der Waals surface area contributed by atoms with Gasteiger partial charge in [-0.3, -0.25) is 9.59 Å². The van der Waals surface area contributed by atoms with Crippen LogP contribution in [0.2, 0.25) is 0 Å². The van der Waals surface area contributed by atoms with Crippen molar-refractivity contribution < 1.29 is 9.59 Å². The second-order valence-corrected chi connectivity index (χ2v) is 8.26. The van der Waals surface area contributed by atoms with Crippen molar-refractivity contribution in [3.05, 3.63) is 16.1 Å². The van der Waals surface area contributed by atoms with Gasteiger partial charge < -0.3 is 9.80 Å². The van der Waals surface area contributed by atoms with E-state index >= 15 is 0 Å². The largest absolute Gasteiger partial charge is 0.339 e. The van der Waals surface area contributed by atoms with Crippen LogP contribution in [-0.4, -0.2) is 52.8 Å². The first-order chi connectivity index (χ1) is 11.5. The highest BCUT2D eigenvalue weighted by molar-refractivity contribution is 7.09. The summed E-state index contributed by atoms with van der Waals surface area (Å²) in [4.78, 5) is 33.0. The number of hydrogen-bond donors (Lipinski definition) is 0. The van der Waals surface area contributed by atoms with Gasteiger partial charge in [-0.15, -0.1) is 11.3 Å². The van der Waals surface area contributed by atoms with Crippen LogP contribution in [0.4, 0.5) is 0 Å². The van der Waals surface area contributed by atoms with Crippen LogP contribution in [0.15, 0.2) is 5.38 Å². The summed E-state index contributed by atoms with van der Waals surface area (Å²) in [7, 11) is 0. The van der Waals surface area contributed by atoms with Gasteiger partial charge >= 0.3 is 0 Å². The van der Waals surface area contributed by atoms with Crippen molar-refractivity contribution in [2.24, 2.45) is 5.92 Å². The van der Waals surface area contributed by atoms with Crippen LogP contribution in [0, 0.1) is 5.92 Å². The SMILES string of the molecule is CC(C)CN1CCN(C(=O)c2csc(C3CCCCC3)n2)CC1=O. The molecule has 1 aromatic rings. The van der Waals surface area contributed by atoms with E-state index in [1.54, 1.807) is 16.2 Å². The molecule has 6 heteroatoms. The third kappa shape index (κ3) is 3.97. The molecule has 2 amide bonds. The molecule has 1 aromatic heterocycles. The number of carbonyl (C=O) groups excluding carboxylic acids is 2. The normalized spacial score (nSPS) is 20.0. The Morgan fingerprint density at radius 2 is 2.04 bits per heavy atom. The van der Waals surface area contributed by atoms with Crippen molar-refractivity contribution in [3.63, 3.8) is 0 Å². The van der Waals surface area contributed by atoms with Gasteiger partial charge in [0.05, 0.1) is 5.01 Å². The molecular formula is C18H27N3O2S. The molecule has 1 saturated heterocycles. The fourth-order valence-corrected chi connectivity index (χ4v) is 4.57. The van der Waals surface area contributed by atoms with Crippen LogP contribution in [0.25, 0.3) is 0 Å². The molecule has 2 fully saturated rings. The van der Waals surface area contributed by atoms with Crippen molar-refractivity contribution >= 4 is 23.2 Å². The summed E-state index contributed by atoms with van der Waals surface area (Å²) in [5, 5.41) is 2.97. The number of aromatic nitrogens is 1. The van der Waals surface area contributed by atoms with Gasteiger partial charge in [0.1, 0.15) is 12.2 Å². The lowest BCUT2D eigenvalue weighted by molar-refractivity contribution is -0.135. The maximum Gasteiger partial charge on any atom is 0.273 e. The molecule has 0 atom stereocenters. The minimum atomic E-state index is -0.0918. The van der Waals surface area contributed by atoms with Crippen molar-refractivity contribution in [2.45, 2.75) is 51.9 Å². The van der Waals surface area contributed by atoms with E-state index in [4.69, 9.17) is 0 Å². The number of nitrogens with zero attached hydrogens (tertiary/aromatic N) is 3. The van der Waals surface area contributed by atoms with E-state index in [1.807, 2.05) is 10.3 Å². The molecule has 0 unspecified atom stereocenters. The van der Waals surface area contributed by atoms with Crippen LogP contribution in [0.5, 0.6) is 0 Å². The van der Waals surface area contributed by atoms with Crippen LogP contribution in [0.3, 0.4) is 0 Å². The first-order valence-electron chi connectivity index (χ1n) is 9.07. The second-order valence-electron chi connectivity index (χ2n) is 7.37. The topological polar surface area (TPSA) is 53.5 Å². The Morgan fingerprint density at radius 3 is 2.71 bits per heavy atom. The fraction of sp³-hybridized carbons (Fsp3) is 0.722. The third-order valence-electron chi connectivity index (χ3n) is 4.89. The zero-order valence-electron chi connectivity index (χ0n) is 14.7. The zero-order valence-corrected chi connectivity index (χ0v) is 15.5. The molecule has 1 saturated carbocycles. The van der Waals surface area contributed by atoms with Crippen molar-refractivity contribution in [1.82, 2.24) is 14.8 Å². The highest BCUT2D eigenvalue weighted by Gasteiger charge is 2.29. The Labute approximate surface area is 148 Å². The fourth-order valence-electron chi connectivity index (χ4n) is 3.60. The number of hydrogen-bond acceptors (Lipinski definition) is 4. The number of piperazine rings is 1. The molecule has 0 spiro atoms. The predicted octanol–water partition coefficient (Wildman–Crippen LogP) is 3.13. The van der Waals surface area contributed by atoms with Gasteiger partial charge in [-0.25, -0.2) is 4.98 Å². The molecule has 5 nitrogen and oxygen atoms in total. The van der Waals surface area contributed by atoms with Crippen LogP contribution in [-0.2, 0) is 4.79 Å². The Balaban J connectivity index is 1.61. The van der Waals surface area contributed by atoms with Crippen LogP contribution >= 0.6 is 11.3 Å². The zero-order chi connectivity index (χ0) is 17.1. The van der Waals surface area contributed by atoms with Gasteiger partial charge in [0, 0.05) is 30.9 Å². The summed E-state index contributed by atoms with van der Waals surface area (Å²) >= 11 is 1.60. The third-order valence-corrected chi connectivity index (χ3v) is 5.89. The maximum absolute atomic E-state index is 12.7. The molecule has 132 valence electrons. The number of thiazole rings is 1. The molecule has 0 radical (unpaired) electrons. The monoisotopic (exact) mass is 349 g/mol. The van der Waals surface area contributed by atoms with Gasteiger partial charge in [-0.05, 0) is 18.8 Å². The predicted molar refractivity (Wildman–Crippen MR) is 95.3 cm³/mol. The Morgan fingerprint density at radius 1 is 1.29 bits per heavy atom. The molecule has 1 aliphatic heterocycles. The maximum atomic E-state index is 12.7. The van der Waals surface area contributed by atoms with Gasteiger partial charge in [0.2, 0.25) is 5.91 Å². The highest BCUT2D eigenvalue weighted by atomic mass is 32.1. The standard InChI is InChI=1S/C18H27N3O2S/c1-13(2)10-20-8-9-21(11-16(20)22)18(23)15-12-24-17(19-15)14-6-4-3-5-7-14/h12-14H,3-11H2,1-2H3. The van der Waals surface area contributed by atoms with E-state index in [9.17, 15) is 9.59 Å². The summed E-state index contributed by atoms with van der Waals surface area (Å²) in [6, 6.07) is 0. The average Bonchev–Trinajstić information content (AvgIpc) is 3.06. The average molecular weight is 350 g/mol. The van der Waals surface area contributed by atoms with E-state index in [1.165, 1.54) is 32.1 Å². The lowest BCUT2D eigenvalue weighted by Crippen LogP contribution is -2.53. The number of rotatable bonds is 4. The van der Waals surface area contributed by atoms with Gasteiger partial charge in [0.25, 0.3) is 5.91 Å². The number of carbonyl (C=O) groups is 2. The van der Waals surface area contributed by atoms with Crippen molar-refractivity contribution in [2.75, 3.05) is 26.2 Å². The molecule has 2 heterocycles. The van der Waals surface area contributed by atoms with Crippen molar-refractivity contribution in [1.29, 1.82) is 0 Å². The minimum absolute atomic E-state index is 0.0473. The summed E-state index contributed by atoms with van der Waals surface area (Å²) < 4.78 is 0. The molecule has 0 bridgehead atoms. The van der Waals surface area contributed by atoms with E-state index in [0.717, 1.165) is 11.6 Å². The Hall–Kier alpha value is -1.43. The van der Waals surface area contributed by atoms with E-state index in [-0.39, 0.29) is 18.4 Å². The quantitative estimate of drug-likeness (QED) is 0.839. The van der Waals surface area contributed by atoms with Crippen molar-refractivity contribution in [3.8, 4) is 0 Å². The van der Waals surface area contributed by atoms with Gasteiger partial charge in [0.15, 0.2) is 0 Å². The highest BCUT2D eigenvalue weighted by Crippen LogP contribution is 2.34. The van der Waals surface area contributed by atoms with Gasteiger partial charge in [-0.1, -0.05) is 33.1 Å². The Bertz CT molecular complexity index is 593. The van der Waals surface area contributed by atoms with E-state index in [0.29, 0.717) is 30.6 Å². The molecule has 2 aliphatic rings. The number of amides is 2. The van der Waals surface area contributed by atoms with Crippen LogP contribution in [0.1, 0.15) is 67.4 Å². The molecule has 24 heavy (non-hydrogen) atoms. The summed E-state index contributed by atoms with van der Waals surface area (Å²) in [6.07, 6.45) is 6.22. The molecular weight excluding hydrogens is 322 g/mol. The second kappa shape index (κ2) is 7.64. The minimum Gasteiger partial charge on any atom is -0.339 e. The lowest BCUT2D eigenvalue weighted by atomic mass is 9.90. The molecule has 3 rings (SSSR count). The van der Waals surface area contributed by atoms with E-state index in [2.05, 4.69) is 18.8 Å². The molecule has 0 N–H and O–H groups in total. The molecule has 0 aromatic carbocycles. The van der Waals surface area contributed by atoms with Crippen LogP contribution < -0.4 is 0 Å². The summed E-state index contributed by atoms with van der Waals surface area (Å²) in [5.74, 6) is 0.930. The lowest BCUT2D eigenvalue weighted by Gasteiger charge is -2.34. The first kappa shape index (κ1) is 17.4. The summed E-state index contributed by atoms with van der Waals surface area (Å²) in [6.45, 7) is 6.39. The Kier molecular flexibility index (Phi) is 5.54. The summed E-state index contributed by atoms with van der Waals surface area (Å²) in [5.41, 5.74) is 0.519. The molecule has 1 aliphatic carbocycles. The van der Waals surface area contributed by atoms with Gasteiger partial charge in [-0.2, -0.15) is 0 Å².